The average Bonchev–Trinajstić information content (AvgIpc) is 1.62. The molecule has 12 heteroatoms. The summed E-state index contributed by atoms with van der Waals surface area (Å²) in [6.45, 7) is 18.6. The van der Waals surface area contributed by atoms with Crippen LogP contribution in [0.4, 0.5) is 0 Å². The number of fused-ring (bicyclic) bond motifs is 2. The van der Waals surface area contributed by atoms with Crippen LogP contribution in [0, 0.1) is 25.7 Å². The van der Waals surface area contributed by atoms with Crippen molar-refractivity contribution in [2.45, 2.75) is 415 Å². The molecule has 8 aromatic rings. The van der Waals surface area contributed by atoms with Crippen LogP contribution >= 0.6 is 90.7 Å². The van der Waals surface area contributed by atoms with Crippen LogP contribution in [-0.4, -0.2) is 19.9 Å². The van der Waals surface area contributed by atoms with Crippen LogP contribution in [0.2, 0.25) is 0 Å². The first-order valence-electron chi connectivity index (χ1n) is 43.2. The molecule has 0 saturated heterocycles. The summed E-state index contributed by atoms with van der Waals surface area (Å²) in [5.41, 5.74) is 6.06. The standard InChI is InChI=1S/C90H142N4S8/c1-9-15-21-27-33-37-39-43-47-52-58-71(57-51-45-41-35-29-23-17-11-3)65-75-64-70(8)96-81(75)85-93-89-90(101-85)94-86(102-89)82-76(66-72(59-53-46-42-36-30-24-18-12-4)60-54-48-44-40-38-34-28-22-16-10-2)68-78(98-82)77-67-74(62-56-50-32-26-20-14-6)80(97-77)84-92-88-87(100-84)91-83(99-88)79-73(63-69(7)95-79)61-55-49-31-25-19-13-5/h63-64,67-68,71-72H,9-62,65-66H2,1-8H3. The van der Waals surface area contributed by atoms with Gasteiger partial charge in [-0.15, -0.1) is 45.3 Å². The van der Waals surface area contributed by atoms with Crippen molar-refractivity contribution in [3.05, 3.63) is 56.3 Å². The van der Waals surface area contributed by atoms with Gasteiger partial charge >= 0.3 is 0 Å². The minimum atomic E-state index is 0.684. The fourth-order valence-electron chi connectivity index (χ4n) is 15.8. The molecule has 0 aliphatic heterocycles. The lowest BCUT2D eigenvalue weighted by Crippen LogP contribution is -2.06. The highest BCUT2D eigenvalue weighted by atomic mass is 32.1. The number of thiazole rings is 4. The second-order valence-electron chi connectivity index (χ2n) is 31.3. The van der Waals surface area contributed by atoms with Gasteiger partial charge in [0.05, 0.1) is 19.5 Å². The zero-order chi connectivity index (χ0) is 71.6. The molecule has 2 unspecified atom stereocenters. The van der Waals surface area contributed by atoms with E-state index in [2.05, 4.69) is 79.7 Å². The molecular weight excluding hydrogens is 1390 g/mol. The molecule has 0 spiro atoms. The summed E-state index contributed by atoms with van der Waals surface area (Å²) < 4.78 is 0. The number of aryl methyl sites for hydroxylation is 4. The van der Waals surface area contributed by atoms with Crippen LogP contribution in [0.15, 0.2) is 24.3 Å². The molecule has 0 aromatic carbocycles. The smallest absolute Gasteiger partial charge is 0.155 e. The molecule has 2 atom stereocenters. The second-order valence-corrected chi connectivity index (χ2v) is 39.8. The Morgan fingerprint density at radius 2 is 0.451 bits per heavy atom. The molecule has 8 rings (SSSR count). The molecule has 0 aliphatic rings. The summed E-state index contributed by atoms with van der Waals surface area (Å²) >= 11 is 15.4. The second kappa shape index (κ2) is 51.3. The largest absolute Gasteiger partial charge is 0.222 e. The molecule has 0 radical (unpaired) electrons. The molecule has 0 amide bonds. The third-order valence-corrected chi connectivity index (χ3v) is 31.3. The number of rotatable bonds is 63. The van der Waals surface area contributed by atoms with E-state index in [9.17, 15) is 0 Å². The molecule has 570 valence electrons. The lowest BCUT2D eigenvalue weighted by molar-refractivity contribution is 0.400. The predicted molar refractivity (Wildman–Crippen MR) is 468 cm³/mol. The van der Waals surface area contributed by atoms with Gasteiger partial charge < -0.3 is 0 Å². The number of nitrogens with zero attached hydrogens (tertiary/aromatic N) is 4. The highest BCUT2D eigenvalue weighted by Gasteiger charge is 2.27. The van der Waals surface area contributed by atoms with Crippen molar-refractivity contribution < 1.29 is 0 Å². The number of hydrogen-bond donors (Lipinski definition) is 0. The normalized spacial score (nSPS) is 12.7. The number of aromatic nitrogens is 4. The van der Waals surface area contributed by atoms with E-state index in [0.717, 1.165) is 44.5 Å². The van der Waals surface area contributed by atoms with Gasteiger partial charge in [-0.3, -0.25) is 0 Å². The fourth-order valence-corrected chi connectivity index (χ4v) is 24.9. The Morgan fingerprint density at radius 1 is 0.235 bits per heavy atom. The molecule has 0 saturated carbocycles. The Kier molecular flexibility index (Phi) is 43.0. The topological polar surface area (TPSA) is 51.6 Å². The van der Waals surface area contributed by atoms with Gasteiger partial charge in [-0.2, -0.15) is 0 Å². The van der Waals surface area contributed by atoms with Crippen molar-refractivity contribution in [1.29, 1.82) is 0 Å². The number of thiophene rings is 4. The molecule has 4 nitrogen and oxygen atoms in total. The van der Waals surface area contributed by atoms with Crippen molar-refractivity contribution in [1.82, 2.24) is 19.9 Å². The van der Waals surface area contributed by atoms with E-state index in [-0.39, 0.29) is 0 Å². The molecule has 102 heavy (non-hydrogen) atoms. The van der Waals surface area contributed by atoms with E-state index >= 15 is 0 Å². The zero-order valence-electron chi connectivity index (χ0n) is 66.1. The first-order valence-corrected chi connectivity index (χ1v) is 49.8. The molecule has 0 aliphatic carbocycles. The maximum atomic E-state index is 5.72. The summed E-state index contributed by atoms with van der Waals surface area (Å²) in [6.07, 6.45) is 76.1. The summed E-state index contributed by atoms with van der Waals surface area (Å²) in [5.74, 6) is 1.43. The Hall–Kier alpha value is -2.16. The molecule has 0 bridgehead atoms. The fraction of sp³-hybridized carbons (Fsp3) is 0.733. The summed E-state index contributed by atoms with van der Waals surface area (Å²) in [4.78, 5) is 38.1. The molecule has 0 N–H and O–H groups in total. The van der Waals surface area contributed by atoms with Crippen molar-refractivity contribution in [2.24, 2.45) is 11.8 Å². The summed E-state index contributed by atoms with van der Waals surface area (Å²) in [6, 6.07) is 10.3. The van der Waals surface area contributed by atoms with Crippen molar-refractivity contribution in [3.63, 3.8) is 0 Å². The Balaban J connectivity index is 1.07. The molecule has 8 heterocycles. The predicted octanol–water partition coefficient (Wildman–Crippen LogP) is 34.8. The van der Waals surface area contributed by atoms with Gasteiger partial charge in [0.1, 0.15) is 20.0 Å². The van der Waals surface area contributed by atoms with Crippen LogP contribution in [-0.2, 0) is 25.7 Å². The molecule has 8 aromatic heterocycles. The van der Waals surface area contributed by atoms with Gasteiger partial charge in [-0.05, 0) is 111 Å². The Labute approximate surface area is 656 Å². The highest BCUT2D eigenvalue weighted by molar-refractivity contribution is 7.34. The van der Waals surface area contributed by atoms with Crippen LogP contribution in [0.1, 0.15) is 407 Å². The SMILES string of the molecule is CCCCCCCCCCCCC(CCCCCCCCCC)Cc1cc(C)sc1-c1nc2sc(-c3sc(-c4cc(CCCCCCCC)c(-c5nc6sc(-c7sc(C)cc7CCCCCCCC)nc6s5)s4)cc3CC(CCCCCCCCCC)CCCCCCCCCCCC)nc2s1. The molecule has 0 fully saturated rings. The average molecular weight is 1540 g/mol. The van der Waals surface area contributed by atoms with E-state index in [1.54, 1.807) is 5.56 Å². The van der Waals surface area contributed by atoms with Crippen LogP contribution in [0.3, 0.4) is 0 Å². The maximum Gasteiger partial charge on any atom is 0.155 e. The van der Waals surface area contributed by atoms with E-state index in [1.165, 1.54) is 416 Å². The quantitative estimate of drug-likeness (QED) is 0.0357. The van der Waals surface area contributed by atoms with Gasteiger partial charge in [0, 0.05) is 19.5 Å². The van der Waals surface area contributed by atoms with E-state index in [1.807, 2.05) is 90.7 Å². The lowest BCUT2D eigenvalue weighted by atomic mass is 9.88. The first kappa shape index (κ1) is 85.4. The van der Waals surface area contributed by atoms with E-state index in [0.29, 0.717) is 5.92 Å². The Bertz CT molecular complexity index is 3360. The van der Waals surface area contributed by atoms with Crippen molar-refractivity contribution in [3.8, 4) is 49.3 Å². The molecular formula is C90H142N4S8. The van der Waals surface area contributed by atoms with Crippen molar-refractivity contribution in [2.75, 3.05) is 0 Å². The minimum absolute atomic E-state index is 0.684. The van der Waals surface area contributed by atoms with E-state index < -0.39 is 0 Å². The Morgan fingerprint density at radius 3 is 0.755 bits per heavy atom. The number of hydrogen-bond acceptors (Lipinski definition) is 12. The van der Waals surface area contributed by atoms with Gasteiger partial charge in [0.25, 0.3) is 0 Å². The van der Waals surface area contributed by atoms with Gasteiger partial charge in [0.2, 0.25) is 0 Å². The van der Waals surface area contributed by atoms with Crippen LogP contribution < -0.4 is 0 Å². The van der Waals surface area contributed by atoms with E-state index in [4.69, 9.17) is 19.9 Å². The third-order valence-electron chi connectivity index (χ3n) is 21.9. The maximum absolute atomic E-state index is 5.72. The van der Waals surface area contributed by atoms with Gasteiger partial charge in [0.15, 0.2) is 19.3 Å². The van der Waals surface area contributed by atoms with Gasteiger partial charge in [-0.25, -0.2) is 19.9 Å². The lowest BCUT2D eigenvalue weighted by Gasteiger charge is -2.17. The van der Waals surface area contributed by atoms with Crippen LogP contribution in [0.25, 0.3) is 68.6 Å². The number of unbranched alkanes of at least 4 members (excludes halogenated alkanes) is 42. The summed E-state index contributed by atoms with van der Waals surface area (Å²) in [7, 11) is 0. The summed E-state index contributed by atoms with van der Waals surface area (Å²) in [5, 5.41) is 4.73. The van der Waals surface area contributed by atoms with Crippen LogP contribution in [0.5, 0.6) is 0 Å². The minimum Gasteiger partial charge on any atom is -0.222 e. The van der Waals surface area contributed by atoms with Gasteiger partial charge in [-0.1, -0.05) is 408 Å². The van der Waals surface area contributed by atoms with Crippen molar-refractivity contribution >= 4 is 110 Å². The monoisotopic (exact) mass is 1530 g/mol. The third kappa shape index (κ3) is 30.4. The first-order chi connectivity index (χ1) is 50.2. The zero-order valence-corrected chi connectivity index (χ0v) is 72.6. The highest BCUT2D eigenvalue weighted by Crippen LogP contribution is 2.50.